The molecule has 1 fully saturated rings. The molecule has 2 heterocycles. The van der Waals surface area contributed by atoms with Gasteiger partial charge in [0, 0.05) is 29.1 Å². The van der Waals surface area contributed by atoms with Crippen LogP contribution in [0.25, 0.3) is 11.3 Å². The Balaban J connectivity index is 1.48. The van der Waals surface area contributed by atoms with E-state index in [1.807, 2.05) is 22.4 Å². The molecule has 0 amide bonds. The Hall–Kier alpha value is -2.03. The molecular weight excluding hydrogens is 438 g/mol. The van der Waals surface area contributed by atoms with Crippen LogP contribution in [0.4, 0.5) is 13.9 Å². The van der Waals surface area contributed by atoms with E-state index < -0.39 is 31.6 Å². The van der Waals surface area contributed by atoms with Crippen LogP contribution in [0.2, 0.25) is 5.02 Å². The lowest BCUT2D eigenvalue weighted by Gasteiger charge is -2.31. The summed E-state index contributed by atoms with van der Waals surface area (Å²) in [5, 5.41) is 2.57. The zero-order chi connectivity index (χ0) is 20.6. The van der Waals surface area contributed by atoms with Crippen LogP contribution in [0.15, 0.2) is 52.7 Å². The molecule has 3 aromatic rings. The second kappa shape index (κ2) is 8.01. The molecule has 4 rings (SSSR count). The van der Waals surface area contributed by atoms with Crippen molar-refractivity contribution in [1.29, 1.82) is 0 Å². The molecule has 0 bridgehead atoms. The average Bonchev–Trinajstić information content (AvgIpc) is 3.18. The van der Waals surface area contributed by atoms with Gasteiger partial charge in [0.15, 0.2) is 15.0 Å². The third-order valence-electron chi connectivity index (χ3n) is 4.99. The molecule has 0 aliphatic carbocycles. The van der Waals surface area contributed by atoms with E-state index in [9.17, 15) is 17.2 Å². The van der Waals surface area contributed by atoms with E-state index in [2.05, 4.69) is 4.98 Å². The monoisotopic (exact) mass is 454 g/mol. The molecule has 1 aromatic heterocycles. The van der Waals surface area contributed by atoms with Crippen LogP contribution < -0.4 is 4.90 Å². The summed E-state index contributed by atoms with van der Waals surface area (Å²) >= 11 is 7.40. The molecule has 1 aliphatic rings. The van der Waals surface area contributed by atoms with Gasteiger partial charge in [0.05, 0.1) is 10.9 Å². The fraction of sp³-hybridized carbons (Fsp3) is 0.250. The van der Waals surface area contributed by atoms with Gasteiger partial charge in [-0.25, -0.2) is 22.2 Å². The van der Waals surface area contributed by atoms with Crippen molar-refractivity contribution in [2.24, 2.45) is 0 Å². The molecule has 1 saturated heterocycles. The van der Waals surface area contributed by atoms with Crippen molar-refractivity contribution in [2.45, 2.75) is 23.0 Å². The van der Waals surface area contributed by atoms with E-state index in [0.29, 0.717) is 18.1 Å². The first kappa shape index (κ1) is 20.3. The first-order valence-electron chi connectivity index (χ1n) is 9.00. The summed E-state index contributed by atoms with van der Waals surface area (Å²) in [5.41, 5.74) is 1.77. The summed E-state index contributed by atoms with van der Waals surface area (Å²) in [4.78, 5) is 5.83. The molecule has 9 heteroatoms. The smallest absolute Gasteiger partial charge is 0.187 e. The molecule has 0 unspecified atom stereocenters. The number of sulfone groups is 1. The average molecular weight is 455 g/mol. The molecular formula is C20H17ClF2N2O2S2. The first-order chi connectivity index (χ1) is 13.9. The number of benzene rings is 2. The van der Waals surface area contributed by atoms with E-state index >= 15 is 0 Å². The summed E-state index contributed by atoms with van der Waals surface area (Å²) in [5.74, 6) is -2.08. The number of rotatable bonds is 4. The number of thiazole rings is 1. The lowest BCUT2D eigenvalue weighted by atomic mass is 10.1. The van der Waals surface area contributed by atoms with Gasteiger partial charge in [0.2, 0.25) is 0 Å². The predicted molar refractivity (Wildman–Crippen MR) is 111 cm³/mol. The second-order valence-electron chi connectivity index (χ2n) is 6.80. The summed E-state index contributed by atoms with van der Waals surface area (Å²) in [7, 11) is -4.08. The number of piperidine rings is 1. The Morgan fingerprint density at radius 3 is 2.28 bits per heavy atom. The van der Waals surface area contributed by atoms with Gasteiger partial charge in [-0.3, -0.25) is 0 Å². The van der Waals surface area contributed by atoms with Crippen LogP contribution in [0.5, 0.6) is 0 Å². The Morgan fingerprint density at radius 1 is 1.03 bits per heavy atom. The van der Waals surface area contributed by atoms with Gasteiger partial charge in [-0.15, -0.1) is 11.3 Å². The van der Waals surface area contributed by atoms with Crippen molar-refractivity contribution in [1.82, 2.24) is 4.98 Å². The Bertz CT molecular complexity index is 1110. The van der Waals surface area contributed by atoms with Crippen LogP contribution in [-0.4, -0.2) is 31.7 Å². The third-order valence-corrected chi connectivity index (χ3v) is 8.45. The minimum atomic E-state index is -4.08. The molecule has 152 valence electrons. The second-order valence-corrected chi connectivity index (χ2v) is 10.2. The van der Waals surface area contributed by atoms with Crippen molar-refractivity contribution in [3.8, 4) is 11.3 Å². The maximum absolute atomic E-state index is 14.0. The predicted octanol–water partition coefficient (Wildman–Crippen LogP) is 5.18. The normalized spacial score (nSPS) is 15.6. The van der Waals surface area contributed by atoms with Crippen LogP contribution in [-0.2, 0) is 9.84 Å². The van der Waals surface area contributed by atoms with Gasteiger partial charge in [-0.1, -0.05) is 29.8 Å². The van der Waals surface area contributed by atoms with Gasteiger partial charge in [-0.2, -0.15) is 0 Å². The van der Waals surface area contributed by atoms with E-state index in [4.69, 9.17) is 11.6 Å². The highest BCUT2D eigenvalue weighted by molar-refractivity contribution is 7.92. The van der Waals surface area contributed by atoms with Crippen LogP contribution in [0, 0.1) is 11.6 Å². The summed E-state index contributed by atoms with van der Waals surface area (Å²) in [6.45, 7) is 0.904. The highest BCUT2D eigenvalue weighted by atomic mass is 35.5. The summed E-state index contributed by atoms with van der Waals surface area (Å²) in [6, 6.07) is 10.5. The van der Waals surface area contributed by atoms with Crippen molar-refractivity contribution in [3.63, 3.8) is 0 Å². The largest absolute Gasteiger partial charge is 0.348 e. The van der Waals surface area contributed by atoms with Crippen molar-refractivity contribution in [2.75, 3.05) is 18.0 Å². The number of halogens is 3. The molecule has 0 saturated carbocycles. The highest BCUT2D eigenvalue weighted by Gasteiger charge is 2.35. The van der Waals surface area contributed by atoms with Crippen LogP contribution in [0.3, 0.4) is 0 Å². The SMILES string of the molecule is O=S(=O)(c1c(F)cccc1F)C1CCN(c2nc(-c3ccc(Cl)cc3)cs2)CC1. The molecule has 0 radical (unpaired) electrons. The van der Waals surface area contributed by atoms with Crippen LogP contribution >= 0.6 is 22.9 Å². The highest BCUT2D eigenvalue weighted by Crippen LogP contribution is 2.33. The molecule has 1 aliphatic heterocycles. The molecule has 0 spiro atoms. The van der Waals surface area contributed by atoms with Gasteiger partial charge in [-0.05, 0) is 37.1 Å². The number of aromatic nitrogens is 1. The van der Waals surface area contributed by atoms with Gasteiger partial charge in [0.25, 0.3) is 0 Å². The Labute approximate surface area is 176 Å². The van der Waals surface area contributed by atoms with Crippen LogP contribution in [0.1, 0.15) is 12.8 Å². The maximum atomic E-state index is 14.0. The number of nitrogens with zero attached hydrogens (tertiary/aromatic N) is 2. The van der Waals surface area contributed by atoms with E-state index in [1.54, 1.807) is 12.1 Å². The minimum Gasteiger partial charge on any atom is -0.348 e. The van der Waals surface area contributed by atoms with Crippen molar-refractivity contribution < 1.29 is 17.2 Å². The zero-order valence-corrected chi connectivity index (χ0v) is 17.6. The van der Waals surface area contributed by atoms with E-state index in [0.717, 1.165) is 34.6 Å². The van der Waals surface area contributed by atoms with Gasteiger partial charge >= 0.3 is 0 Å². The fourth-order valence-corrected chi connectivity index (χ4v) is 6.30. The molecule has 0 N–H and O–H groups in total. The summed E-state index contributed by atoms with van der Waals surface area (Å²) in [6.07, 6.45) is 0.567. The van der Waals surface area contributed by atoms with Gasteiger partial charge in [0.1, 0.15) is 16.5 Å². The van der Waals surface area contributed by atoms with Crippen molar-refractivity contribution >= 4 is 37.9 Å². The molecule has 4 nitrogen and oxygen atoms in total. The maximum Gasteiger partial charge on any atom is 0.187 e. The zero-order valence-electron chi connectivity index (χ0n) is 15.2. The summed E-state index contributed by atoms with van der Waals surface area (Å²) < 4.78 is 53.5. The third kappa shape index (κ3) is 4.01. The Kier molecular flexibility index (Phi) is 5.59. The Morgan fingerprint density at radius 2 is 1.66 bits per heavy atom. The topological polar surface area (TPSA) is 50.3 Å². The molecule has 29 heavy (non-hydrogen) atoms. The first-order valence-corrected chi connectivity index (χ1v) is 11.8. The lowest BCUT2D eigenvalue weighted by molar-refractivity contribution is 0.497. The van der Waals surface area contributed by atoms with E-state index in [1.165, 1.54) is 11.3 Å². The van der Waals surface area contributed by atoms with Crippen molar-refractivity contribution in [3.05, 3.63) is 64.5 Å². The lowest BCUT2D eigenvalue weighted by Crippen LogP contribution is -2.39. The fourth-order valence-electron chi connectivity index (χ4n) is 3.44. The number of anilines is 1. The van der Waals surface area contributed by atoms with Gasteiger partial charge < -0.3 is 4.90 Å². The standard InChI is InChI=1S/C20H17ClF2N2O2S2/c21-14-6-4-13(5-7-14)18-12-28-20(24-18)25-10-8-15(9-11-25)29(26,27)19-16(22)2-1-3-17(19)23/h1-7,12,15H,8-11H2. The minimum absolute atomic E-state index is 0.284. The number of hydrogen-bond acceptors (Lipinski definition) is 5. The quantitative estimate of drug-likeness (QED) is 0.544. The number of hydrogen-bond donors (Lipinski definition) is 0. The van der Waals surface area contributed by atoms with E-state index in [-0.39, 0.29) is 12.8 Å². The molecule has 2 aromatic carbocycles. The molecule has 0 atom stereocenters.